The predicted molar refractivity (Wildman–Crippen MR) is 99.1 cm³/mol. The van der Waals surface area contributed by atoms with E-state index < -0.39 is 0 Å². The van der Waals surface area contributed by atoms with Gasteiger partial charge in [-0.15, -0.1) is 0 Å². The number of rotatable bonds is 8. The Hall–Kier alpha value is -2.49. The molecule has 2 aromatic rings. The normalized spacial score (nSPS) is 14.2. The largest absolute Gasteiger partial charge is 0.490 e. The molecule has 1 aliphatic rings. The molecule has 0 bridgehead atoms. The van der Waals surface area contributed by atoms with E-state index in [1.807, 2.05) is 54.6 Å². The van der Waals surface area contributed by atoms with E-state index >= 15 is 0 Å². The van der Waals surface area contributed by atoms with E-state index in [-0.39, 0.29) is 5.91 Å². The van der Waals surface area contributed by atoms with E-state index in [9.17, 15) is 4.79 Å². The Kier molecular flexibility index (Phi) is 6.32. The van der Waals surface area contributed by atoms with E-state index in [1.165, 1.54) is 25.7 Å². The van der Waals surface area contributed by atoms with Crippen molar-refractivity contribution in [3.8, 4) is 11.5 Å². The van der Waals surface area contributed by atoms with Gasteiger partial charge in [-0.05, 0) is 43.0 Å². The predicted octanol–water partition coefficient (Wildman–Crippen LogP) is 4.66. The zero-order valence-electron chi connectivity index (χ0n) is 14.4. The Balaban J connectivity index is 1.42. The van der Waals surface area contributed by atoms with E-state index in [0.29, 0.717) is 25.6 Å². The molecule has 4 heteroatoms. The van der Waals surface area contributed by atoms with Crippen LogP contribution in [0.4, 0.5) is 5.69 Å². The first-order valence-corrected chi connectivity index (χ1v) is 9.00. The van der Waals surface area contributed by atoms with Gasteiger partial charge in [0.05, 0.1) is 0 Å². The van der Waals surface area contributed by atoms with Crippen molar-refractivity contribution in [2.45, 2.75) is 32.1 Å². The van der Waals surface area contributed by atoms with Gasteiger partial charge in [0.15, 0.2) is 0 Å². The highest BCUT2D eigenvalue weighted by Crippen LogP contribution is 2.28. The SMILES string of the molecule is O=C(CC1CCCC1)Nc1cccc(OCCOc2ccccc2)c1. The molecule has 0 aliphatic heterocycles. The van der Waals surface area contributed by atoms with Gasteiger partial charge in [-0.3, -0.25) is 4.79 Å². The fourth-order valence-corrected chi connectivity index (χ4v) is 3.19. The minimum Gasteiger partial charge on any atom is -0.490 e. The van der Waals surface area contributed by atoms with Gasteiger partial charge >= 0.3 is 0 Å². The summed E-state index contributed by atoms with van der Waals surface area (Å²) < 4.78 is 11.3. The molecule has 0 aromatic heterocycles. The summed E-state index contributed by atoms with van der Waals surface area (Å²) >= 11 is 0. The number of nitrogens with one attached hydrogen (secondary N) is 1. The van der Waals surface area contributed by atoms with Gasteiger partial charge in [-0.25, -0.2) is 0 Å². The number of benzene rings is 2. The smallest absolute Gasteiger partial charge is 0.224 e. The van der Waals surface area contributed by atoms with Crippen LogP contribution < -0.4 is 14.8 Å². The topological polar surface area (TPSA) is 47.6 Å². The Morgan fingerprint density at radius 3 is 2.36 bits per heavy atom. The highest BCUT2D eigenvalue weighted by Gasteiger charge is 2.18. The second-order valence-electron chi connectivity index (χ2n) is 6.44. The Bertz CT molecular complexity index is 666. The van der Waals surface area contributed by atoms with E-state index in [0.717, 1.165) is 17.2 Å². The van der Waals surface area contributed by atoms with Crippen LogP contribution in [-0.2, 0) is 4.79 Å². The number of hydrogen-bond acceptors (Lipinski definition) is 3. The number of anilines is 1. The second kappa shape index (κ2) is 9.11. The lowest BCUT2D eigenvalue weighted by Crippen LogP contribution is -2.15. The second-order valence-corrected chi connectivity index (χ2v) is 6.44. The van der Waals surface area contributed by atoms with E-state index in [2.05, 4.69) is 5.32 Å². The molecule has 25 heavy (non-hydrogen) atoms. The number of carbonyl (C=O) groups excluding carboxylic acids is 1. The molecule has 0 unspecified atom stereocenters. The van der Waals surface area contributed by atoms with Crippen molar-refractivity contribution in [3.05, 3.63) is 54.6 Å². The van der Waals surface area contributed by atoms with E-state index in [1.54, 1.807) is 0 Å². The van der Waals surface area contributed by atoms with Gasteiger partial charge in [0.2, 0.25) is 5.91 Å². The highest BCUT2D eigenvalue weighted by atomic mass is 16.5. The fraction of sp³-hybridized carbons (Fsp3) is 0.381. The summed E-state index contributed by atoms with van der Waals surface area (Å²) in [5.74, 6) is 2.21. The first-order chi connectivity index (χ1) is 12.3. The highest BCUT2D eigenvalue weighted by molar-refractivity contribution is 5.91. The third kappa shape index (κ3) is 5.82. The fourth-order valence-electron chi connectivity index (χ4n) is 3.19. The summed E-state index contributed by atoms with van der Waals surface area (Å²) in [5, 5.41) is 2.98. The minimum atomic E-state index is 0.0939. The lowest BCUT2D eigenvalue weighted by molar-refractivity contribution is -0.117. The molecule has 1 N–H and O–H groups in total. The zero-order chi connectivity index (χ0) is 17.3. The van der Waals surface area contributed by atoms with Crippen molar-refractivity contribution in [2.24, 2.45) is 5.92 Å². The molecule has 0 radical (unpaired) electrons. The van der Waals surface area contributed by atoms with Crippen LogP contribution in [0.25, 0.3) is 0 Å². The number of amides is 1. The number of para-hydroxylation sites is 1. The van der Waals surface area contributed by atoms with Crippen LogP contribution in [0.5, 0.6) is 11.5 Å². The summed E-state index contributed by atoms with van der Waals surface area (Å²) in [6.45, 7) is 0.927. The average Bonchev–Trinajstić information content (AvgIpc) is 3.13. The van der Waals surface area contributed by atoms with Crippen LogP contribution in [0, 0.1) is 5.92 Å². The van der Waals surface area contributed by atoms with Crippen LogP contribution in [-0.4, -0.2) is 19.1 Å². The van der Waals surface area contributed by atoms with Gasteiger partial charge in [-0.2, -0.15) is 0 Å². The molecule has 1 amide bonds. The maximum atomic E-state index is 12.1. The van der Waals surface area contributed by atoms with Crippen molar-refractivity contribution >= 4 is 11.6 Å². The molecule has 3 rings (SSSR count). The van der Waals surface area contributed by atoms with Crippen molar-refractivity contribution in [3.63, 3.8) is 0 Å². The van der Waals surface area contributed by atoms with Crippen molar-refractivity contribution in [2.75, 3.05) is 18.5 Å². The molecular weight excluding hydrogens is 314 g/mol. The summed E-state index contributed by atoms with van der Waals surface area (Å²) in [5.41, 5.74) is 0.782. The first kappa shape index (κ1) is 17.3. The van der Waals surface area contributed by atoms with Gasteiger partial charge < -0.3 is 14.8 Å². The van der Waals surface area contributed by atoms with Crippen LogP contribution in [0.15, 0.2) is 54.6 Å². The molecule has 1 aliphatic carbocycles. The minimum absolute atomic E-state index is 0.0939. The number of carbonyl (C=O) groups is 1. The standard InChI is InChI=1S/C21H25NO3/c23-21(15-17-7-4-5-8-17)22-18-9-6-12-20(16-18)25-14-13-24-19-10-2-1-3-11-19/h1-3,6,9-12,16-17H,4-5,7-8,13-15H2,(H,22,23). The number of ether oxygens (including phenoxy) is 2. The Labute approximate surface area is 149 Å². The molecule has 0 atom stereocenters. The van der Waals surface area contributed by atoms with Crippen molar-refractivity contribution < 1.29 is 14.3 Å². The van der Waals surface area contributed by atoms with Gasteiger partial charge in [-0.1, -0.05) is 37.1 Å². The summed E-state index contributed by atoms with van der Waals surface area (Å²) in [6.07, 6.45) is 5.49. The first-order valence-electron chi connectivity index (χ1n) is 9.00. The van der Waals surface area contributed by atoms with Gasteiger partial charge in [0.25, 0.3) is 0 Å². The lowest BCUT2D eigenvalue weighted by Gasteiger charge is -2.12. The van der Waals surface area contributed by atoms with E-state index in [4.69, 9.17) is 9.47 Å². The molecule has 2 aromatic carbocycles. The van der Waals surface area contributed by atoms with Crippen molar-refractivity contribution in [1.29, 1.82) is 0 Å². The Morgan fingerprint density at radius 2 is 1.60 bits per heavy atom. The summed E-state index contributed by atoms with van der Waals surface area (Å²) in [7, 11) is 0. The van der Waals surface area contributed by atoms with Gasteiger partial charge in [0, 0.05) is 18.2 Å². The third-order valence-corrected chi connectivity index (χ3v) is 4.43. The molecular formula is C21H25NO3. The molecule has 0 spiro atoms. The molecule has 0 saturated heterocycles. The van der Waals surface area contributed by atoms with Crippen molar-refractivity contribution in [1.82, 2.24) is 0 Å². The summed E-state index contributed by atoms with van der Waals surface area (Å²) in [6, 6.07) is 17.2. The zero-order valence-corrected chi connectivity index (χ0v) is 14.4. The molecule has 4 nitrogen and oxygen atoms in total. The summed E-state index contributed by atoms with van der Waals surface area (Å²) in [4.78, 5) is 12.1. The van der Waals surface area contributed by atoms with Gasteiger partial charge in [0.1, 0.15) is 24.7 Å². The van der Waals surface area contributed by atoms with Crippen LogP contribution in [0.1, 0.15) is 32.1 Å². The average molecular weight is 339 g/mol. The molecule has 1 fully saturated rings. The Morgan fingerprint density at radius 1 is 0.920 bits per heavy atom. The lowest BCUT2D eigenvalue weighted by atomic mass is 10.0. The third-order valence-electron chi connectivity index (χ3n) is 4.43. The quantitative estimate of drug-likeness (QED) is 0.711. The van der Waals surface area contributed by atoms with Crippen LogP contribution >= 0.6 is 0 Å². The monoisotopic (exact) mass is 339 g/mol. The van der Waals surface area contributed by atoms with Crippen LogP contribution in [0.2, 0.25) is 0 Å². The molecule has 0 heterocycles. The van der Waals surface area contributed by atoms with Crippen LogP contribution in [0.3, 0.4) is 0 Å². The maximum Gasteiger partial charge on any atom is 0.224 e. The molecule has 1 saturated carbocycles. The maximum absolute atomic E-state index is 12.1. The number of hydrogen-bond donors (Lipinski definition) is 1. The molecule has 132 valence electrons.